The minimum absolute atomic E-state index is 0.0308. The Bertz CT molecular complexity index is 716. The van der Waals surface area contributed by atoms with Crippen LogP contribution in [0, 0.1) is 17.8 Å². The lowest BCUT2D eigenvalue weighted by atomic mass is 9.90. The Morgan fingerprint density at radius 1 is 1.04 bits per heavy atom. The van der Waals surface area contributed by atoms with Crippen molar-refractivity contribution in [2.45, 2.75) is 63.9 Å². The number of hydrogen-bond donors (Lipinski definition) is 0. The molecular formula is C20H20F6O2. The second kappa shape index (κ2) is 8.89. The van der Waals surface area contributed by atoms with E-state index in [0.29, 0.717) is 12.1 Å². The fraction of sp³-hybridized carbons (Fsp3) is 0.550. The van der Waals surface area contributed by atoms with Crippen LogP contribution in [0.5, 0.6) is 0 Å². The molecule has 2 nitrogen and oxygen atoms in total. The highest BCUT2D eigenvalue weighted by atomic mass is 19.4. The van der Waals surface area contributed by atoms with E-state index in [4.69, 9.17) is 4.74 Å². The van der Waals surface area contributed by atoms with Gasteiger partial charge in [-0.1, -0.05) is 38.0 Å². The topological polar surface area (TPSA) is 26.3 Å². The highest BCUT2D eigenvalue weighted by molar-refractivity contribution is 5.90. The van der Waals surface area contributed by atoms with Crippen molar-refractivity contribution in [2.75, 3.05) is 0 Å². The van der Waals surface area contributed by atoms with Gasteiger partial charge in [0.15, 0.2) is 6.10 Å². The summed E-state index contributed by atoms with van der Waals surface area (Å²) >= 11 is 0. The van der Waals surface area contributed by atoms with E-state index >= 15 is 0 Å². The Labute approximate surface area is 159 Å². The van der Waals surface area contributed by atoms with Crippen LogP contribution in [0.2, 0.25) is 0 Å². The minimum atomic E-state index is -5.03. The first-order chi connectivity index (χ1) is 13.0. The van der Waals surface area contributed by atoms with Crippen LogP contribution in [0.3, 0.4) is 0 Å². The number of carbonyl (C=O) groups excluding carboxylic acids is 1. The number of esters is 1. The lowest BCUT2D eigenvalue weighted by Crippen LogP contribution is -2.19. The van der Waals surface area contributed by atoms with Crippen molar-refractivity contribution in [1.82, 2.24) is 0 Å². The van der Waals surface area contributed by atoms with Gasteiger partial charge >= 0.3 is 18.3 Å². The summed E-state index contributed by atoms with van der Waals surface area (Å²) in [6.45, 7) is 1.67. The van der Waals surface area contributed by atoms with Gasteiger partial charge in [-0.2, -0.15) is 26.3 Å². The molecule has 1 aliphatic rings. The first kappa shape index (κ1) is 22.1. The molecule has 1 fully saturated rings. The van der Waals surface area contributed by atoms with Gasteiger partial charge in [0, 0.05) is 5.92 Å². The Hall–Kier alpha value is -2.17. The molecule has 1 aromatic carbocycles. The first-order valence-corrected chi connectivity index (χ1v) is 9.02. The van der Waals surface area contributed by atoms with Crippen molar-refractivity contribution < 1.29 is 35.9 Å². The highest BCUT2D eigenvalue weighted by Gasteiger charge is 2.37. The van der Waals surface area contributed by atoms with Gasteiger partial charge in [0.1, 0.15) is 0 Å². The molecule has 0 bridgehead atoms. The highest BCUT2D eigenvalue weighted by Crippen LogP contribution is 2.36. The zero-order chi connectivity index (χ0) is 20.9. The van der Waals surface area contributed by atoms with E-state index in [-0.39, 0.29) is 18.4 Å². The molecule has 28 heavy (non-hydrogen) atoms. The average molecular weight is 406 g/mol. The van der Waals surface area contributed by atoms with Crippen LogP contribution in [0.1, 0.15) is 66.9 Å². The second-order valence-electron chi connectivity index (χ2n) is 6.72. The van der Waals surface area contributed by atoms with Crippen molar-refractivity contribution >= 4 is 5.97 Å². The second-order valence-corrected chi connectivity index (χ2v) is 6.72. The van der Waals surface area contributed by atoms with E-state index in [9.17, 15) is 31.1 Å². The molecule has 2 rings (SSSR count). The van der Waals surface area contributed by atoms with Gasteiger partial charge in [-0.25, -0.2) is 4.79 Å². The summed E-state index contributed by atoms with van der Waals surface area (Å²) in [5, 5.41) is 0. The molecular weight excluding hydrogens is 386 g/mol. The summed E-state index contributed by atoms with van der Waals surface area (Å²) in [5.74, 6) is 4.72. The zero-order valence-electron chi connectivity index (χ0n) is 15.2. The van der Waals surface area contributed by atoms with Gasteiger partial charge in [0.25, 0.3) is 0 Å². The van der Waals surface area contributed by atoms with Crippen molar-refractivity contribution in [3.63, 3.8) is 0 Å². The van der Waals surface area contributed by atoms with E-state index < -0.39 is 41.1 Å². The number of halogens is 6. The summed E-state index contributed by atoms with van der Waals surface area (Å²) in [7, 11) is 0. The van der Waals surface area contributed by atoms with Gasteiger partial charge < -0.3 is 4.74 Å². The molecule has 8 heteroatoms. The van der Waals surface area contributed by atoms with Gasteiger partial charge in [-0.3, -0.25) is 0 Å². The van der Waals surface area contributed by atoms with Crippen LogP contribution in [-0.4, -0.2) is 12.1 Å². The monoisotopic (exact) mass is 406 g/mol. The van der Waals surface area contributed by atoms with E-state index in [1.165, 1.54) is 0 Å². The molecule has 0 aromatic heterocycles. The first-order valence-electron chi connectivity index (χ1n) is 9.02. The lowest BCUT2D eigenvalue weighted by molar-refractivity contribution is -0.143. The minimum Gasteiger partial charge on any atom is -0.446 e. The third-order valence-corrected chi connectivity index (χ3v) is 4.50. The maximum absolute atomic E-state index is 12.9. The lowest BCUT2D eigenvalue weighted by Gasteiger charge is -2.17. The number of ether oxygens (including phenoxy) is 1. The van der Waals surface area contributed by atoms with Gasteiger partial charge in [-0.15, -0.1) is 0 Å². The Balaban J connectivity index is 2.23. The van der Waals surface area contributed by atoms with Crippen LogP contribution in [0.4, 0.5) is 26.3 Å². The maximum Gasteiger partial charge on any atom is 0.416 e. The number of alkyl halides is 6. The number of rotatable bonds is 3. The van der Waals surface area contributed by atoms with Crippen molar-refractivity contribution in [1.29, 1.82) is 0 Å². The summed E-state index contributed by atoms with van der Waals surface area (Å²) in [6.07, 6.45) is -5.56. The molecule has 1 atom stereocenters. The summed E-state index contributed by atoms with van der Waals surface area (Å²) in [5.41, 5.74) is -3.92. The predicted octanol–water partition coefficient (Wildman–Crippen LogP) is 6.24. The van der Waals surface area contributed by atoms with E-state index in [2.05, 4.69) is 11.8 Å². The van der Waals surface area contributed by atoms with Crippen LogP contribution in [0.25, 0.3) is 0 Å². The third-order valence-electron chi connectivity index (χ3n) is 4.50. The molecule has 1 aromatic rings. The summed E-state index contributed by atoms with van der Waals surface area (Å²) in [6, 6.07) is 0.689. The Morgan fingerprint density at radius 2 is 1.57 bits per heavy atom. The standard InChI is InChI=1S/C20H20F6O2/c1-2-17(9-8-13-6-4-3-5-7-13)28-18(27)14-10-15(19(21,22)23)12-16(11-14)20(24,25)26/h10-13,17H,2-7H2,1H3. The van der Waals surface area contributed by atoms with Gasteiger partial charge in [-0.05, 0) is 37.5 Å². The molecule has 0 radical (unpaired) electrons. The predicted molar refractivity (Wildman–Crippen MR) is 90.3 cm³/mol. The zero-order valence-corrected chi connectivity index (χ0v) is 15.2. The molecule has 1 saturated carbocycles. The van der Waals surface area contributed by atoms with Crippen molar-refractivity contribution in [3.8, 4) is 11.8 Å². The summed E-state index contributed by atoms with van der Waals surface area (Å²) in [4.78, 5) is 12.2. The largest absolute Gasteiger partial charge is 0.446 e. The van der Waals surface area contributed by atoms with Crippen LogP contribution in [-0.2, 0) is 17.1 Å². The number of carbonyl (C=O) groups is 1. The van der Waals surface area contributed by atoms with Crippen molar-refractivity contribution in [2.24, 2.45) is 5.92 Å². The Kier molecular flexibility index (Phi) is 7.02. The molecule has 1 aliphatic carbocycles. The van der Waals surface area contributed by atoms with E-state index in [1.807, 2.05) is 0 Å². The molecule has 0 heterocycles. The maximum atomic E-state index is 12.9. The summed E-state index contributed by atoms with van der Waals surface area (Å²) < 4.78 is 82.5. The molecule has 0 aliphatic heterocycles. The fourth-order valence-corrected chi connectivity index (χ4v) is 2.94. The van der Waals surface area contributed by atoms with Crippen LogP contribution >= 0.6 is 0 Å². The molecule has 0 saturated heterocycles. The number of benzene rings is 1. The van der Waals surface area contributed by atoms with Gasteiger partial charge in [0.2, 0.25) is 0 Å². The fourth-order valence-electron chi connectivity index (χ4n) is 2.94. The third kappa shape index (κ3) is 6.18. The van der Waals surface area contributed by atoms with Crippen LogP contribution < -0.4 is 0 Å². The SMILES string of the molecule is CCC(C#CC1CCCCC1)OC(=O)c1cc(C(F)(F)F)cc(C(F)(F)F)c1. The van der Waals surface area contributed by atoms with Gasteiger partial charge in [0.05, 0.1) is 16.7 Å². The molecule has 1 unspecified atom stereocenters. The normalized spacial score (nSPS) is 16.8. The average Bonchev–Trinajstić information content (AvgIpc) is 2.64. The molecule has 0 N–H and O–H groups in total. The smallest absolute Gasteiger partial charge is 0.416 e. The Morgan fingerprint density at radius 3 is 2.04 bits per heavy atom. The van der Waals surface area contributed by atoms with E-state index in [1.54, 1.807) is 6.92 Å². The van der Waals surface area contributed by atoms with Crippen molar-refractivity contribution in [3.05, 3.63) is 34.9 Å². The molecule has 0 amide bonds. The van der Waals surface area contributed by atoms with E-state index in [0.717, 1.165) is 32.1 Å². The number of hydrogen-bond acceptors (Lipinski definition) is 2. The molecule has 0 spiro atoms. The molecule has 154 valence electrons. The van der Waals surface area contributed by atoms with Crippen LogP contribution in [0.15, 0.2) is 18.2 Å². The quantitative estimate of drug-likeness (QED) is 0.337.